The van der Waals surface area contributed by atoms with Crippen LogP contribution < -0.4 is 21.9 Å². The van der Waals surface area contributed by atoms with E-state index in [1.807, 2.05) is 84.9 Å². The van der Waals surface area contributed by atoms with E-state index in [1.165, 1.54) is 0 Å². The molecule has 0 fully saturated rings. The molecule has 0 saturated carbocycles. The summed E-state index contributed by atoms with van der Waals surface area (Å²) in [4.78, 5) is 31.9. The average Bonchev–Trinajstić information content (AvgIpc) is 2.99. The van der Waals surface area contributed by atoms with Crippen molar-refractivity contribution in [2.75, 3.05) is 0 Å². The van der Waals surface area contributed by atoms with Gasteiger partial charge in [-0.25, -0.2) is 0 Å². The van der Waals surface area contributed by atoms with Gasteiger partial charge >= 0.3 is 0 Å². The quantitative estimate of drug-likeness (QED) is 0.263. The van der Waals surface area contributed by atoms with Crippen LogP contribution in [0, 0.1) is 0 Å². The third kappa shape index (κ3) is 9.26. The largest absolute Gasteiger partial charge is 0.297 e. The van der Waals surface area contributed by atoms with E-state index in [2.05, 4.69) is 31.9 Å². The molecule has 0 aliphatic carbocycles. The molecular weight excluding hydrogens is 508 g/mol. The van der Waals surface area contributed by atoms with E-state index in [1.54, 1.807) is 0 Å². The molecule has 8 bridgehead atoms. The Hall–Kier alpha value is -3.58. The highest BCUT2D eigenvalue weighted by Crippen LogP contribution is 2.09. The first kappa shape index (κ1) is 28.0. The fourth-order valence-electron chi connectivity index (χ4n) is 3.95. The molecule has 2 aromatic carbocycles. The molecule has 10 heteroatoms. The van der Waals surface area contributed by atoms with Gasteiger partial charge in [-0.3, -0.25) is 29.3 Å². The molecular formula is C30H34N6O4. The second-order valence-electron chi connectivity index (χ2n) is 9.31. The van der Waals surface area contributed by atoms with E-state index in [0.29, 0.717) is 52.6 Å². The number of nitrogens with one attached hydrogen (secondary N) is 4. The second kappa shape index (κ2) is 15.3. The first-order valence-corrected chi connectivity index (χ1v) is 13.2. The molecule has 8 rings (SSSR count). The zero-order valence-electron chi connectivity index (χ0n) is 22.3. The van der Waals surface area contributed by atoms with Crippen molar-refractivity contribution in [1.29, 1.82) is 0 Å². The van der Waals surface area contributed by atoms with Gasteiger partial charge in [0.1, 0.15) is 0 Å². The molecule has 4 aliphatic heterocycles. The minimum Gasteiger partial charge on any atom is -0.297 e. The van der Waals surface area contributed by atoms with Gasteiger partial charge in [-0.15, -0.1) is 0 Å². The van der Waals surface area contributed by atoms with Gasteiger partial charge in [0.05, 0.1) is 75.4 Å². The van der Waals surface area contributed by atoms with Crippen LogP contribution in [-0.2, 0) is 72.0 Å². The first-order chi connectivity index (χ1) is 19.8. The lowest BCUT2D eigenvalue weighted by molar-refractivity contribution is 0.0197. The molecule has 10 nitrogen and oxygen atoms in total. The van der Waals surface area contributed by atoms with Crippen LogP contribution in [0.15, 0.2) is 84.9 Å². The van der Waals surface area contributed by atoms with E-state index in [0.717, 1.165) is 45.0 Å². The third-order valence-corrected chi connectivity index (χ3v) is 6.15. The summed E-state index contributed by atoms with van der Waals surface area (Å²) in [6, 6.07) is 28.0. The molecule has 0 unspecified atom stereocenters. The Bertz CT molecular complexity index is 1130. The molecule has 4 aliphatic rings. The van der Waals surface area contributed by atoms with Crippen molar-refractivity contribution in [3.8, 4) is 0 Å². The van der Waals surface area contributed by atoms with Crippen molar-refractivity contribution < 1.29 is 19.4 Å². The van der Waals surface area contributed by atoms with Crippen molar-refractivity contribution in [2.45, 2.75) is 52.6 Å². The summed E-state index contributed by atoms with van der Waals surface area (Å²) < 4.78 is 0. The Balaban J connectivity index is 1.18. The van der Waals surface area contributed by atoms with Gasteiger partial charge in [0, 0.05) is 0 Å². The summed E-state index contributed by atoms with van der Waals surface area (Å²) in [6.07, 6.45) is 0. The number of aromatic nitrogens is 2. The average molecular weight is 543 g/mol. The monoisotopic (exact) mass is 542 g/mol. The molecule has 0 radical (unpaired) electrons. The van der Waals surface area contributed by atoms with Crippen LogP contribution in [0.1, 0.15) is 45.0 Å². The van der Waals surface area contributed by atoms with Gasteiger partial charge in [0.25, 0.3) is 0 Å². The Kier molecular flexibility index (Phi) is 10.7. The Morgan fingerprint density at radius 1 is 0.375 bits per heavy atom. The van der Waals surface area contributed by atoms with Crippen LogP contribution in [-0.4, -0.2) is 9.97 Å². The minimum absolute atomic E-state index is 0.442. The summed E-state index contributed by atoms with van der Waals surface area (Å²) in [6.45, 7) is 3.75. The summed E-state index contributed by atoms with van der Waals surface area (Å²) in [5.41, 5.74) is 19.7. The number of hydrogen-bond donors (Lipinski definition) is 4. The zero-order chi connectivity index (χ0) is 27.2. The van der Waals surface area contributed by atoms with Gasteiger partial charge in [-0.05, 0) is 46.5 Å². The molecule has 4 aromatic rings. The molecule has 2 aromatic heterocycles. The number of rotatable bonds is 0. The SMILES string of the molecule is c1cc2nc(c1)CNOCc1ccc(cc1)CONCc1cccc(n1)CNOCc1ccc(cc1)CONC2. The number of hydrogen-bond acceptors (Lipinski definition) is 10. The maximum absolute atomic E-state index is 5.64. The maximum Gasteiger partial charge on any atom is 0.0933 e. The maximum atomic E-state index is 5.64. The van der Waals surface area contributed by atoms with E-state index in [-0.39, 0.29) is 0 Å². The normalized spacial score (nSPS) is 16.4. The lowest BCUT2D eigenvalue weighted by Crippen LogP contribution is -2.18. The molecule has 4 N–H and O–H groups in total. The highest BCUT2D eigenvalue weighted by atomic mass is 16.7. The van der Waals surface area contributed by atoms with Gasteiger partial charge in [0.2, 0.25) is 0 Å². The Morgan fingerprint density at radius 3 is 0.875 bits per heavy atom. The van der Waals surface area contributed by atoms with Crippen LogP contribution in [0.5, 0.6) is 0 Å². The van der Waals surface area contributed by atoms with Gasteiger partial charge in [-0.1, -0.05) is 60.7 Å². The Labute approximate surface area is 233 Å². The van der Waals surface area contributed by atoms with E-state index in [4.69, 9.17) is 19.4 Å². The predicted octanol–water partition coefficient (Wildman–Crippen LogP) is 3.68. The van der Waals surface area contributed by atoms with Gasteiger partial charge in [-0.2, -0.15) is 21.9 Å². The van der Waals surface area contributed by atoms with Crippen LogP contribution >= 0.6 is 0 Å². The molecule has 0 atom stereocenters. The van der Waals surface area contributed by atoms with Crippen molar-refractivity contribution >= 4 is 0 Å². The van der Waals surface area contributed by atoms with E-state index >= 15 is 0 Å². The summed E-state index contributed by atoms with van der Waals surface area (Å²) in [5.74, 6) is 0. The number of nitrogens with zero attached hydrogens (tertiary/aromatic N) is 2. The predicted molar refractivity (Wildman–Crippen MR) is 148 cm³/mol. The van der Waals surface area contributed by atoms with E-state index in [9.17, 15) is 0 Å². The molecule has 0 spiro atoms. The fourth-order valence-corrected chi connectivity index (χ4v) is 3.95. The lowest BCUT2D eigenvalue weighted by atomic mass is 10.1. The smallest absolute Gasteiger partial charge is 0.0933 e. The summed E-state index contributed by atoms with van der Waals surface area (Å²) >= 11 is 0. The second-order valence-corrected chi connectivity index (χ2v) is 9.31. The van der Waals surface area contributed by atoms with Crippen molar-refractivity contribution in [3.05, 3.63) is 130 Å². The minimum atomic E-state index is 0.442. The fraction of sp³-hybridized carbons (Fsp3) is 0.267. The lowest BCUT2D eigenvalue weighted by Gasteiger charge is -2.10. The van der Waals surface area contributed by atoms with Crippen LogP contribution in [0.3, 0.4) is 0 Å². The standard InChI is InChI=1S/C30H34N6O4/c1-3-27-15-31-37-19-23-7-11-25(12-8-23)21-39-33-17-29-5-2-6-30(36-29)18-34-40-22-26-13-9-24(10-14-26)20-38-32-16-28(4-1)35-27/h1-14,31-34H,15-22H2. The number of pyridine rings is 2. The summed E-state index contributed by atoms with van der Waals surface area (Å²) in [5, 5.41) is 0. The molecule has 40 heavy (non-hydrogen) atoms. The van der Waals surface area contributed by atoms with Crippen molar-refractivity contribution in [2.24, 2.45) is 0 Å². The number of hydroxylamine groups is 4. The Morgan fingerprint density at radius 2 is 0.625 bits per heavy atom. The molecule has 0 saturated heterocycles. The third-order valence-electron chi connectivity index (χ3n) is 6.15. The first-order valence-electron chi connectivity index (χ1n) is 13.2. The van der Waals surface area contributed by atoms with Gasteiger partial charge < -0.3 is 0 Å². The van der Waals surface area contributed by atoms with Crippen molar-refractivity contribution in [3.63, 3.8) is 0 Å². The number of benzene rings is 2. The molecule has 0 amide bonds. The highest BCUT2D eigenvalue weighted by Gasteiger charge is 2.03. The van der Waals surface area contributed by atoms with Gasteiger partial charge in [0.15, 0.2) is 0 Å². The van der Waals surface area contributed by atoms with Crippen LogP contribution in [0.2, 0.25) is 0 Å². The van der Waals surface area contributed by atoms with Crippen LogP contribution in [0.4, 0.5) is 0 Å². The van der Waals surface area contributed by atoms with E-state index < -0.39 is 0 Å². The van der Waals surface area contributed by atoms with Crippen molar-refractivity contribution in [1.82, 2.24) is 31.9 Å². The van der Waals surface area contributed by atoms with Crippen LogP contribution in [0.25, 0.3) is 0 Å². The molecule has 6 heterocycles. The highest BCUT2D eigenvalue weighted by molar-refractivity contribution is 5.22. The topological polar surface area (TPSA) is 111 Å². The zero-order valence-corrected chi connectivity index (χ0v) is 22.3. The summed E-state index contributed by atoms with van der Waals surface area (Å²) in [7, 11) is 0. The molecule has 208 valence electrons.